The maximum Gasteiger partial charge on any atom is 0.146 e. The zero-order valence-corrected chi connectivity index (χ0v) is 11.0. The van der Waals surface area contributed by atoms with Gasteiger partial charge in [-0.3, -0.25) is 0 Å². The highest BCUT2D eigenvalue weighted by Gasteiger charge is 2.08. The van der Waals surface area contributed by atoms with E-state index in [2.05, 4.69) is 30.4 Å². The molecule has 1 nitrogen and oxygen atoms in total. The van der Waals surface area contributed by atoms with Crippen LogP contribution in [0.1, 0.15) is 29.7 Å². The molecule has 0 amide bonds. The Kier molecular flexibility index (Phi) is 3.66. The molecule has 0 aliphatic carbocycles. The summed E-state index contributed by atoms with van der Waals surface area (Å²) in [5.41, 5.74) is 3.86. The molecule has 1 N–H and O–H groups in total. The third kappa shape index (κ3) is 2.89. The van der Waals surface area contributed by atoms with Crippen LogP contribution in [0.4, 0.5) is 10.1 Å². The predicted octanol–water partition coefficient (Wildman–Crippen LogP) is 4.62. The maximum absolute atomic E-state index is 13.7. The van der Waals surface area contributed by atoms with E-state index >= 15 is 0 Å². The quantitative estimate of drug-likeness (QED) is 0.829. The summed E-state index contributed by atoms with van der Waals surface area (Å²) in [7, 11) is 0. The fraction of sp³-hybridized carbons (Fsp3) is 0.250. The largest absolute Gasteiger partial charge is 0.376 e. The van der Waals surface area contributed by atoms with Gasteiger partial charge in [0.05, 0.1) is 5.69 Å². The summed E-state index contributed by atoms with van der Waals surface area (Å²) < 4.78 is 13.7. The van der Waals surface area contributed by atoms with E-state index in [0.29, 0.717) is 5.69 Å². The summed E-state index contributed by atoms with van der Waals surface area (Å²) in [4.78, 5) is 0. The summed E-state index contributed by atoms with van der Waals surface area (Å²) in [6.45, 7) is 5.98. The van der Waals surface area contributed by atoms with Gasteiger partial charge in [0.2, 0.25) is 0 Å². The van der Waals surface area contributed by atoms with Crippen molar-refractivity contribution in [1.82, 2.24) is 0 Å². The van der Waals surface area contributed by atoms with Crippen molar-refractivity contribution in [3.63, 3.8) is 0 Å². The lowest BCUT2D eigenvalue weighted by Crippen LogP contribution is -2.08. The lowest BCUT2D eigenvalue weighted by Gasteiger charge is -2.17. The predicted molar refractivity (Wildman–Crippen MR) is 74.4 cm³/mol. The molecule has 0 aliphatic heterocycles. The molecule has 0 spiro atoms. The Balaban J connectivity index is 2.18. The number of hydrogen-bond donors (Lipinski definition) is 1. The van der Waals surface area contributed by atoms with Crippen LogP contribution in [-0.4, -0.2) is 0 Å². The van der Waals surface area contributed by atoms with E-state index < -0.39 is 0 Å². The van der Waals surface area contributed by atoms with Crippen LogP contribution in [-0.2, 0) is 0 Å². The summed E-state index contributed by atoms with van der Waals surface area (Å²) in [5, 5.41) is 3.21. The Hall–Kier alpha value is -1.83. The maximum atomic E-state index is 13.7. The van der Waals surface area contributed by atoms with E-state index in [1.807, 2.05) is 26.0 Å². The molecule has 0 saturated heterocycles. The highest BCUT2D eigenvalue weighted by Crippen LogP contribution is 2.22. The minimum atomic E-state index is -0.200. The van der Waals surface area contributed by atoms with Crippen molar-refractivity contribution in [2.45, 2.75) is 26.8 Å². The van der Waals surface area contributed by atoms with Crippen LogP contribution < -0.4 is 5.32 Å². The third-order valence-electron chi connectivity index (χ3n) is 3.04. The molecule has 0 aliphatic rings. The number of halogens is 1. The van der Waals surface area contributed by atoms with Gasteiger partial charge in [0.25, 0.3) is 0 Å². The van der Waals surface area contributed by atoms with Crippen molar-refractivity contribution >= 4 is 5.69 Å². The number of rotatable bonds is 3. The van der Waals surface area contributed by atoms with Crippen LogP contribution in [0.25, 0.3) is 0 Å². The Labute approximate surface area is 108 Å². The van der Waals surface area contributed by atoms with Crippen LogP contribution in [0.2, 0.25) is 0 Å². The lowest BCUT2D eigenvalue weighted by molar-refractivity contribution is 0.626. The van der Waals surface area contributed by atoms with E-state index in [4.69, 9.17) is 0 Å². The normalized spacial score (nSPS) is 12.2. The van der Waals surface area contributed by atoms with Gasteiger partial charge < -0.3 is 5.32 Å². The Morgan fingerprint density at radius 3 is 2.39 bits per heavy atom. The second-order valence-corrected chi connectivity index (χ2v) is 4.76. The molecule has 2 heteroatoms. The molecule has 1 unspecified atom stereocenters. The molecule has 2 rings (SSSR count). The van der Waals surface area contributed by atoms with Gasteiger partial charge in [-0.2, -0.15) is 0 Å². The van der Waals surface area contributed by atoms with Crippen LogP contribution >= 0.6 is 0 Å². The monoisotopic (exact) mass is 243 g/mol. The first-order chi connectivity index (χ1) is 8.56. The Bertz CT molecular complexity index is 549. The summed E-state index contributed by atoms with van der Waals surface area (Å²) in [5.74, 6) is -0.200. The second-order valence-electron chi connectivity index (χ2n) is 4.76. The fourth-order valence-electron chi connectivity index (χ4n) is 1.99. The molecule has 0 fully saturated rings. The standard InChI is InChI=1S/C16H18FN/c1-11-5-4-6-14(9-11)13(3)18-16-8-7-12(2)10-15(16)17/h4-10,13,18H,1-3H3. The Morgan fingerprint density at radius 1 is 1.00 bits per heavy atom. The average Bonchev–Trinajstić information content (AvgIpc) is 2.32. The minimum Gasteiger partial charge on any atom is -0.376 e. The van der Waals surface area contributed by atoms with Gasteiger partial charge >= 0.3 is 0 Å². The fourth-order valence-corrected chi connectivity index (χ4v) is 1.99. The molecule has 0 aromatic heterocycles. The third-order valence-corrected chi connectivity index (χ3v) is 3.04. The molecule has 2 aromatic rings. The number of benzene rings is 2. The molecule has 1 atom stereocenters. The van der Waals surface area contributed by atoms with Gasteiger partial charge in [0.1, 0.15) is 5.82 Å². The highest BCUT2D eigenvalue weighted by molar-refractivity contribution is 5.48. The van der Waals surface area contributed by atoms with Crippen molar-refractivity contribution < 1.29 is 4.39 Å². The summed E-state index contributed by atoms with van der Waals surface area (Å²) in [6, 6.07) is 13.6. The van der Waals surface area contributed by atoms with E-state index in [0.717, 1.165) is 11.1 Å². The molecule has 0 heterocycles. The first-order valence-corrected chi connectivity index (χ1v) is 6.15. The molecule has 0 radical (unpaired) electrons. The number of nitrogens with one attached hydrogen (secondary N) is 1. The van der Waals surface area contributed by atoms with Crippen molar-refractivity contribution in [3.05, 3.63) is 65.0 Å². The zero-order valence-electron chi connectivity index (χ0n) is 11.0. The highest BCUT2D eigenvalue weighted by atomic mass is 19.1. The van der Waals surface area contributed by atoms with Crippen molar-refractivity contribution in [2.24, 2.45) is 0 Å². The molecular weight excluding hydrogens is 225 g/mol. The smallest absolute Gasteiger partial charge is 0.146 e. The Morgan fingerprint density at radius 2 is 1.72 bits per heavy atom. The van der Waals surface area contributed by atoms with Gasteiger partial charge in [0.15, 0.2) is 0 Å². The molecule has 2 aromatic carbocycles. The SMILES string of the molecule is Cc1cccc(C(C)Nc2ccc(C)cc2F)c1. The van der Waals surface area contributed by atoms with Crippen LogP contribution in [0, 0.1) is 19.7 Å². The molecule has 0 bridgehead atoms. The zero-order chi connectivity index (χ0) is 13.1. The topological polar surface area (TPSA) is 12.0 Å². The van der Waals surface area contributed by atoms with Gasteiger partial charge in [-0.1, -0.05) is 35.9 Å². The summed E-state index contributed by atoms with van der Waals surface area (Å²) >= 11 is 0. The van der Waals surface area contributed by atoms with E-state index in [1.54, 1.807) is 12.1 Å². The first kappa shape index (κ1) is 12.6. The second kappa shape index (κ2) is 5.21. The minimum absolute atomic E-state index is 0.0853. The number of anilines is 1. The van der Waals surface area contributed by atoms with E-state index in [-0.39, 0.29) is 11.9 Å². The number of hydrogen-bond acceptors (Lipinski definition) is 1. The summed E-state index contributed by atoms with van der Waals surface area (Å²) in [6.07, 6.45) is 0. The van der Waals surface area contributed by atoms with E-state index in [1.165, 1.54) is 5.56 Å². The number of aryl methyl sites for hydroxylation is 2. The average molecular weight is 243 g/mol. The first-order valence-electron chi connectivity index (χ1n) is 6.15. The van der Waals surface area contributed by atoms with Crippen LogP contribution in [0.5, 0.6) is 0 Å². The molecule has 94 valence electrons. The van der Waals surface area contributed by atoms with Gasteiger partial charge in [-0.25, -0.2) is 4.39 Å². The molecular formula is C16H18FN. The lowest BCUT2D eigenvalue weighted by atomic mass is 10.1. The van der Waals surface area contributed by atoms with Crippen LogP contribution in [0.15, 0.2) is 42.5 Å². The van der Waals surface area contributed by atoms with Crippen molar-refractivity contribution in [2.75, 3.05) is 5.32 Å². The van der Waals surface area contributed by atoms with E-state index in [9.17, 15) is 4.39 Å². The molecule has 18 heavy (non-hydrogen) atoms. The molecule has 0 saturated carbocycles. The van der Waals surface area contributed by atoms with Crippen LogP contribution in [0.3, 0.4) is 0 Å². The van der Waals surface area contributed by atoms with Gasteiger partial charge in [-0.15, -0.1) is 0 Å². The van der Waals surface area contributed by atoms with Gasteiger partial charge in [-0.05, 0) is 44.0 Å². The van der Waals surface area contributed by atoms with Gasteiger partial charge in [0, 0.05) is 6.04 Å². The van der Waals surface area contributed by atoms with Crippen molar-refractivity contribution in [1.29, 1.82) is 0 Å². The van der Waals surface area contributed by atoms with Crippen molar-refractivity contribution in [3.8, 4) is 0 Å².